The minimum Gasteiger partial charge on any atom is -0.346 e. The first-order valence-corrected chi connectivity index (χ1v) is 7.56. The topological polar surface area (TPSA) is 24.1 Å². The van der Waals surface area contributed by atoms with E-state index in [-0.39, 0.29) is 0 Å². The maximum atomic E-state index is 6.13. The monoisotopic (exact) mass is 358 g/mol. The molecule has 0 aliphatic heterocycles. The number of thiocarbonyl (C=S) groups is 1. The molecule has 5 heteroatoms. The van der Waals surface area contributed by atoms with Crippen LogP contribution in [0.2, 0.25) is 5.02 Å². The van der Waals surface area contributed by atoms with Crippen LogP contribution in [0.3, 0.4) is 0 Å². The second-order valence-electron chi connectivity index (χ2n) is 4.14. The van der Waals surface area contributed by atoms with Gasteiger partial charge in [-0.2, -0.15) is 0 Å². The fourth-order valence-corrected chi connectivity index (χ4v) is 2.65. The molecule has 0 saturated heterocycles. The summed E-state index contributed by atoms with van der Waals surface area (Å²) in [4.78, 5) is 0. The lowest BCUT2D eigenvalue weighted by Gasteiger charge is -2.28. The van der Waals surface area contributed by atoms with Crippen molar-refractivity contribution in [3.05, 3.63) is 27.7 Å². The molecule has 2 nitrogen and oxygen atoms in total. The molecule has 19 heavy (non-hydrogen) atoms. The van der Waals surface area contributed by atoms with Crippen LogP contribution in [0.25, 0.3) is 0 Å². The molecule has 0 spiro atoms. The maximum absolute atomic E-state index is 6.13. The summed E-state index contributed by atoms with van der Waals surface area (Å²) in [6.45, 7) is 4.07. The lowest BCUT2D eigenvalue weighted by Crippen LogP contribution is -2.48. The first-order valence-electron chi connectivity index (χ1n) is 5.98. The molecule has 1 aromatic carbocycles. The van der Waals surface area contributed by atoms with Gasteiger partial charge in [-0.3, -0.25) is 0 Å². The number of hydrogen-bond donors (Lipinski definition) is 2. The average molecular weight is 360 g/mol. The number of terminal acetylenes is 1. The van der Waals surface area contributed by atoms with Crippen molar-refractivity contribution in [2.75, 3.05) is 5.32 Å². The van der Waals surface area contributed by atoms with E-state index in [2.05, 4.69) is 32.5 Å². The smallest absolute Gasteiger partial charge is 0.172 e. The lowest BCUT2D eigenvalue weighted by atomic mass is 9.94. The Morgan fingerprint density at radius 3 is 2.58 bits per heavy atom. The van der Waals surface area contributed by atoms with Gasteiger partial charge in [-0.25, -0.2) is 0 Å². The van der Waals surface area contributed by atoms with Crippen molar-refractivity contribution in [1.29, 1.82) is 0 Å². The molecule has 0 amide bonds. The summed E-state index contributed by atoms with van der Waals surface area (Å²) >= 11 is 14.8. The predicted octanol–water partition coefficient (Wildman–Crippen LogP) is 4.58. The molecule has 1 aromatic rings. The molecule has 1 rings (SSSR count). The Balaban J connectivity index is 2.78. The second-order valence-corrected chi connectivity index (χ2v) is 5.87. The van der Waals surface area contributed by atoms with Crippen LogP contribution >= 0.6 is 39.7 Å². The number of benzene rings is 1. The summed E-state index contributed by atoms with van der Waals surface area (Å²) < 4.78 is 0.919. The zero-order chi connectivity index (χ0) is 14.5. The van der Waals surface area contributed by atoms with Gasteiger partial charge in [-0.15, -0.1) is 6.42 Å². The van der Waals surface area contributed by atoms with Gasteiger partial charge in [0.2, 0.25) is 0 Å². The second kappa shape index (κ2) is 7.14. The highest BCUT2D eigenvalue weighted by Crippen LogP contribution is 2.25. The van der Waals surface area contributed by atoms with Crippen molar-refractivity contribution in [3.63, 3.8) is 0 Å². The minimum atomic E-state index is -0.411. The number of rotatable bonds is 4. The molecule has 0 saturated carbocycles. The molecule has 2 N–H and O–H groups in total. The third-order valence-corrected chi connectivity index (χ3v) is 4.03. The molecule has 0 bridgehead atoms. The summed E-state index contributed by atoms with van der Waals surface area (Å²) in [5.41, 5.74) is 0.340. The largest absolute Gasteiger partial charge is 0.346 e. The van der Waals surface area contributed by atoms with Crippen molar-refractivity contribution in [3.8, 4) is 12.3 Å². The van der Waals surface area contributed by atoms with Gasteiger partial charge in [0.1, 0.15) is 0 Å². The van der Waals surface area contributed by atoms with E-state index >= 15 is 0 Å². The molecule has 0 aliphatic carbocycles. The van der Waals surface area contributed by atoms with Crippen LogP contribution < -0.4 is 10.6 Å². The van der Waals surface area contributed by atoms with E-state index in [1.54, 1.807) is 6.07 Å². The molecule has 0 atom stereocenters. The van der Waals surface area contributed by atoms with Crippen molar-refractivity contribution >= 4 is 50.5 Å². The first-order chi connectivity index (χ1) is 8.96. The van der Waals surface area contributed by atoms with E-state index in [0.717, 1.165) is 23.0 Å². The van der Waals surface area contributed by atoms with E-state index < -0.39 is 5.54 Å². The molecular weight excluding hydrogens is 344 g/mol. The number of nitrogens with one attached hydrogen (secondary N) is 2. The zero-order valence-corrected chi connectivity index (χ0v) is 14.0. The fraction of sp³-hybridized carbons (Fsp3) is 0.357. The molecule has 0 aromatic heterocycles. The van der Waals surface area contributed by atoms with E-state index in [1.165, 1.54) is 0 Å². The van der Waals surface area contributed by atoms with E-state index in [1.807, 2.05) is 26.0 Å². The molecule has 0 aliphatic rings. The highest BCUT2D eigenvalue weighted by Gasteiger charge is 2.23. The summed E-state index contributed by atoms with van der Waals surface area (Å²) in [7, 11) is 0. The normalized spacial score (nSPS) is 10.7. The number of hydrogen-bond acceptors (Lipinski definition) is 1. The Bertz CT molecular complexity index is 507. The van der Waals surface area contributed by atoms with Crippen molar-refractivity contribution in [2.24, 2.45) is 0 Å². The van der Waals surface area contributed by atoms with Gasteiger partial charge >= 0.3 is 0 Å². The molecule has 0 unspecified atom stereocenters. The molecule has 102 valence electrons. The van der Waals surface area contributed by atoms with Crippen LogP contribution in [0, 0.1) is 12.3 Å². The third kappa shape index (κ3) is 4.38. The van der Waals surface area contributed by atoms with Gasteiger partial charge < -0.3 is 10.6 Å². The van der Waals surface area contributed by atoms with E-state index in [4.69, 9.17) is 30.2 Å². The van der Waals surface area contributed by atoms with Crippen molar-refractivity contribution < 1.29 is 0 Å². The summed E-state index contributed by atoms with van der Waals surface area (Å²) in [6.07, 6.45) is 7.19. The first kappa shape index (κ1) is 16.3. The SMILES string of the molecule is C#CC(CC)(CC)NC(=S)Nc1ccc(Br)cc1Cl. The van der Waals surface area contributed by atoms with Gasteiger partial charge in [-0.1, -0.05) is 47.3 Å². The maximum Gasteiger partial charge on any atom is 0.172 e. The van der Waals surface area contributed by atoms with Gasteiger partial charge in [0, 0.05) is 4.47 Å². The summed E-state index contributed by atoms with van der Waals surface area (Å²) in [5.74, 6) is 2.78. The standard InChI is InChI=1S/C14H16BrClN2S/c1-4-14(5-2,6-3)18-13(19)17-12-8-7-10(15)9-11(12)16/h1,7-9H,5-6H2,2-3H3,(H2,17,18,19). The summed E-state index contributed by atoms with van der Waals surface area (Å²) in [5, 5.41) is 7.32. The van der Waals surface area contributed by atoms with Crippen LogP contribution in [0.5, 0.6) is 0 Å². The van der Waals surface area contributed by atoms with Crippen LogP contribution in [-0.4, -0.2) is 10.7 Å². The van der Waals surface area contributed by atoms with Gasteiger partial charge in [0.05, 0.1) is 16.2 Å². The number of anilines is 1. The Morgan fingerprint density at radius 2 is 2.11 bits per heavy atom. The highest BCUT2D eigenvalue weighted by atomic mass is 79.9. The minimum absolute atomic E-state index is 0.411. The van der Waals surface area contributed by atoms with E-state index in [0.29, 0.717) is 10.1 Å². The molecular formula is C14H16BrClN2S. The van der Waals surface area contributed by atoms with Crippen molar-refractivity contribution in [2.45, 2.75) is 32.2 Å². The van der Waals surface area contributed by atoms with Gasteiger partial charge in [-0.05, 0) is 43.3 Å². The predicted molar refractivity (Wildman–Crippen MR) is 90.7 cm³/mol. The summed E-state index contributed by atoms with van der Waals surface area (Å²) in [6, 6.07) is 5.56. The quantitative estimate of drug-likeness (QED) is 0.608. The molecule has 0 heterocycles. The highest BCUT2D eigenvalue weighted by molar-refractivity contribution is 9.10. The zero-order valence-electron chi connectivity index (χ0n) is 10.9. The molecule has 0 fully saturated rings. The lowest BCUT2D eigenvalue weighted by molar-refractivity contribution is 0.461. The third-order valence-electron chi connectivity index (χ3n) is 3.02. The van der Waals surface area contributed by atoms with Crippen LogP contribution in [0.4, 0.5) is 5.69 Å². The Labute approximate surface area is 133 Å². The Morgan fingerprint density at radius 1 is 1.47 bits per heavy atom. The van der Waals surface area contributed by atoms with Crippen molar-refractivity contribution in [1.82, 2.24) is 5.32 Å². The fourth-order valence-electron chi connectivity index (χ4n) is 1.63. The van der Waals surface area contributed by atoms with Crippen LogP contribution in [0.15, 0.2) is 22.7 Å². The molecule has 0 radical (unpaired) electrons. The Kier molecular flexibility index (Phi) is 6.12. The van der Waals surface area contributed by atoms with Gasteiger partial charge in [0.25, 0.3) is 0 Å². The number of halogens is 2. The average Bonchev–Trinajstić information content (AvgIpc) is 2.39. The van der Waals surface area contributed by atoms with E-state index in [9.17, 15) is 0 Å². The van der Waals surface area contributed by atoms with Gasteiger partial charge in [0.15, 0.2) is 5.11 Å². The Hall–Kier alpha value is -0.760. The van der Waals surface area contributed by atoms with Crippen LogP contribution in [-0.2, 0) is 0 Å². The van der Waals surface area contributed by atoms with Crippen LogP contribution in [0.1, 0.15) is 26.7 Å².